The van der Waals surface area contributed by atoms with Gasteiger partial charge >= 0.3 is 6.16 Å². The highest BCUT2D eigenvalue weighted by atomic mass is 35.5. The topological polar surface area (TPSA) is 54.0 Å². The van der Waals surface area contributed by atoms with Crippen molar-refractivity contribution >= 4 is 75.8 Å². The Balaban J connectivity index is 1.42. The zero-order chi connectivity index (χ0) is 29.1. The third-order valence-electron chi connectivity index (χ3n) is 6.39. The van der Waals surface area contributed by atoms with E-state index in [2.05, 4.69) is 0 Å². The van der Waals surface area contributed by atoms with Crippen molar-refractivity contribution in [3.05, 3.63) is 104 Å². The summed E-state index contributed by atoms with van der Waals surface area (Å²) < 4.78 is 21.6. The van der Waals surface area contributed by atoms with E-state index in [1.165, 1.54) is 24.3 Å². The smallest absolute Gasteiger partial charge is 0.496 e. The molecule has 0 heterocycles. The zero-order valence-electron chi connectivity index (χ0n) is 21.3. The number of allylic oxidation sites excluding steroid dienone is 4. The molecule has 0 aromatic heterocycles. The van der Waals surface area contributed by atoms with Crippen molar-refractivity contribution in [3.8, 4) is 11.5 Å². The van der Waals surface area contributed by atoms with Gasteiger partial charge in [-0.2, -0.15) is 0 Å². The molecule has 11 heteroatoms. The van der Waals surface area contributed by atoms with E-state index in [1.807, 2.05) is 48.5 Å². The third-order valence-corrected chi connectivity index (χ3v) is 9.05. The molecule has 0 aliphatic heterocycles. The van der Waals surface area contributed by atoms with E-state index in [4.69, 9.17) is 88.6 Å². The Bertz CT molecular complexity index is 1300. The Kier molecular flexibility index (Phi) is 9.98. The van der Waals surface area contributed by atoms with Gasteiger partial charge in [0.1, 0.15) is 21.2 Å². The largest absolute Gasteiger partial charge is 0.510 e. The molecular weight excluding hydrogens is 641 g/mol. The summed E-state index contributed by atoms with van der Waals surface area (Å²) in [6, 6.07) is 14.8. The number of halogens is 6. The number of para-hydroxylation sites is 2. The van der Waals surface area contributed by atoms with Gasteiger partial charge in [0.25, 0.3) is 0 Å². The molecule has 0 saturated carbocycles. The van der Waals surface area contributed by atoms with Crippen molar-refractivity contribution in [2.75, 3.05) is 14.2 Å². The highest BCUT2D eigenvalue weighted by Gasteiger charge is 2.39. The van der Waals surface area contributed by atoms with Gasteiger partial charge in [-0.25, -0.2) is 4.79 Å². The van der Waals surface area contributed by atoms with Gasteiger partial charge in [-0.3, -0.25) is 0 Å². The van der Waals surface area contributed by atoms with Crippen LogP contribution in [0.25, 0.3) is 0 Å². The standard InChI is InChI=1S/C29H24Cl6O5/c1-37-21-9-5-3-7-17(21)13-28(34)15-19(30)23(11-25(28)32)39-27(36)40-24-12-26(33)29(35,16-20(24)31)14-18-8-4-6-10-22(18)38-2/h3-12,15-16,23-24H,13-14H2,1-2H3. The van der Waals surface area contributed by atoms with Gasteiger partial charge in [-0.15, -0.1) is 23.2 Å². The molecular formula is C29H24Cl6O5. The van der Waals surface area contributed by atoms with Crippen molar-refractivity contribution < 1.29 is 23.7 Å². The van der Waals surface area contributed by atoms with Crippen LogP contribution in [0.1, 0.15) is 11.1 Å². The Morgan fingerprint density at radius 3 is 1.45 bits per heavy atom. The Morgan fingerprint density at radius 1 is 0.700 bits per heavy atom. The van der Waals surface area contributed by atoms with Gasteiger partial charge in [-0.1, -0.05) is 82.8 Å². The van der Waals surface area contributed by atoms with E-state index in [0.29, 0.717) is 24.3 Å². The van der Waals surface area contributed by atoms with Crippen LogP contribution in [-0.4, -0.2) is 42.3 Å². The predicted molar refractivity (Wildman–Crippen MR) is 161 cm³/mol. The second-order valence-corrected chi connectivity index (χ2v) is 12.2. The summed E-state index contributed by atoms with van der Waals surface area (Å²) in [7, 11) is 3.14. The van der Waals surface area contributed by atoms with Gasteiger partial charge in [0, 0.05) is 22.9 Å². The minimum absolute atomic E-state index is 0.154. The molecule has 0 fully saturated rings. The molecule has 5 nitrogen and oxygen atoms in total. The minimum atomic E-state index is -1.16. The quantitative estimate of drug-likeness (QED) is 0.209. The molecule has 0 radical (unpaired) electrons. The SMILES string of the molecule is COc1ccccc1CC1(Cl)C=C(Cl)C(OC(=O)OC2C=C(Cl)C(Cl)(Cc3ccccc3OC)C=C2Cl)C=C1Cl. The first-order valence-corrected chi connectivity index (χ1v) is 14.3. The number of methoxy groups -OCH3 is 2. The number of hydrogen-bond donors (Lipinski definition) is 0. The number of carbonyl (C=O) groups is 1. The summed E-state index contributed by atoms with van der Waals surface area (Å²) in [6.45, 7) is 0. The first-order chi connectivity index (χ1) is 19.0. The molecule has 0 bridgehead atoms. The highest BCUT2D eigenvalue weighted by molar-refractivity contribution is 6.43. The fraction of sp³-hybridized carbons (Fsp3) is 0.276. The van der Waals surface area contributed by atoms with Crippen molar-refractivity contribution in [2.45, 2.75) is 34.8 Å². The van der Waals surface area contributed by atoms with Crippen LogP contribution in [0, 0.1) is 0 Å². The molecule has 40 heavy (non-hydrogen) atoms. The van der Waals surface area contributed by atoms with E-state index >= 15 is 0 Å². The predicted octanol–water partition coefficient (Wildman–Crippen LogP) is 8.85. The maximum Gasteiger partial charge on any atom is 0.510 e. The normalized spacial score (nSPS) is 26.1. The molecule has 0 amide bonds. The molecule has 4 rings (SSSR count). The number of alkyl halides is 2. The first kappa shape index (κ1) is 31.0. The molecule has 0 saturated heterocycles. The summed E-state index contributed by atoms with van der Waals surface area (Å²) in [5, 5.41) is 0.761. The van der Waals surface area contributed by atoms with Crippen molar-refractivity contribution in [3.63, 3.8) is 0 Å². The third kappa shape index (κ3) is 6.89. The van der Waals surface area contributed by atoms with Crippen LogP contribution in [0.5, 0.6) is 11.5 Å². The molecule has 2 aliphatic carbocycles. The first-order valence-electron chi connectivity index (χ1n) is 12.0. The summed E-state index contributed by atoms with van der Waals surface area (Å²) >= 11 is 39.6. The summed E-state index contributed by atoms with van der Waals surface area (Å²) in [6.07, 6.45) is 3.47. The minimum Gasteiger partial charge on any atom is -0.496 e. The van der Waals surface area contributed by atoms with Crippen LogP contribution in [0.3, 0.4) is 0 Å². The van der Waals surface area contributed by atoms with Gasteiger partial charge in [0.05, 0.1) is 24.3 Å². The molecule has 2 aromatic rings. The summed E-state index contributed by atoms with van der Waals surface area (Å²) in [5.41, 5.74) is 1.66. The second-order valence-electron chi connectivity index (χ2n) is 9.12. The van der Waals surface area contributed by atoms with E-state index in [9.17, 15) is 4.79 Å². The summed E-state index contributed by atoms with van der Waals surface area (Å²) in [4.78, 5) is 10.4. The van der Waals surface area contributed by atoms with Crippen LogP contribution in [-0.2, 0) is 22.3 Å². The van der Waals surface area contributed by atoms with E-state index < -0.39 is 28.1 Å². The lowest BCUT2D eigenvalue weighted by atomic mass is 9.92. The number of rotatable bonds is 8. The average molecular weight is 665 g/mol. The zero-order valence-corrected chi connectivity index (χ0v) is 25.8. The fourth-order valence-corrected chi connectivity index (χ4v) is 6.20. The van der Waals surface area contributed by atoms with Crippen LogP contribution in [0.2, 0.25) is 0 Å². The van der Waals surface area contributed by atoms with Gasteiger partial charge in [-0.05, 0) is 47.6 Å². The van der Waals surface area contributed by atoms with Gasteiger partial charge < -0.3 is 18.9 Å². The molecule has 2 aromatic carbocycles. The molecule has 2 aliphatic rings. The van der Waals surface area contributed by atoms with Crippen molar-refractivity contribution in [2.24, 2.45) is 0 Å². The van der Waals surface area contributed by atoms with E-state index in [0.717, 1.165) is 11.1 Å². The molecule has 0 spiro atoms. The number of benzene rings is 2. The van der Waals surface area contributed by atoms with Crippen LogP contribution < -0.4 is 9.47 Å². The number of ether oxygens (including phenoxy) is 4. The lowest BCUT2D eigenvalue weighted by Crippen LogP contribution is -2.33. The monoisotopic (exact) mass is 662 g/mol. The Labute approximate surface area is 262 Å². The van der Waals surface area contributed by atoms with Crippen LogP contribution >= 0.6 is 69.6 Å². The Hall–Kier alpha value is -1.99. The summed E-state index contributed by atoms with van der Waals surface area (Å²) in [5.74, 6) is 1.32. The fourth-order valence-electron chi connectivity index (χ4n) is 4.38. The molecule has 4 atom stereocenters. The molecule has 4 unspecified atom stereocenters. The number of hydrogen-bond acceptors (Lipinski definition) is 5. The highest BCUT2D eigenvalue weighted by Crippen LogP contribution is 2.43. The van der Waals surface area contributed by atoms with E-state index in [-0.39, 0.29) is 20.1 Å². The van der Waals surface area contributed by atoms with Crippen molar-refractivity contribution in [1.82, 2.24) is 0 Å². The molecule has 0 N–H and O–H groups in total. The molecule has 212 valence electrons. The van der Waals surface area contributed by atoms with E-state index in [1.54, 1.807) is 14.2 Å². The maximum atomic E-state index is 12.7. The van der Waals surface area contributed by atoms with Crippen molar-refractivity contribution in [1.29, 1.82) is 0 Å². The van der Waals surface area contributed by atoms with Crippen LogP contribution in [0.4, 0.5) is 4.79 Å². The lowest BCUT2D eigenvalue weighted by molar-refractivity contribution is 0.0386. The lowest BCUT2D eigenvalue weighted by Gasteiger charge is -2.31. The van der Waals surface area contributed by atoms with Crippen LogP contribution in [0.15, 0.2) is 93.0 Å². The maximum absolute atomic E-state index is 12.7. The van der Waals surface area contributed by atoms with Gasteiger partial charge in [0.15, 0.2) is 12.2 Å². The van der Waals surface area contributed by atoms with Gasteiger partial charge in [0.2, 0.25) is 0 Å². The number of carbonyl (C=O) groups excluding carboxylic acids is 1. The Morgan fingerprint density at radius 2 is 1.07 bits per heavy atom. The average Bonchev–Trinajstić information content (AvgIpc) is 2.91. The second kappa shape index (κ2) is 12.9.